The van der Waals surface area contributed by atoms with Gasteiger partial charge in [0.15, 0.2) is 0 Å². The maximum Gasteiger partial charge on any atom is 0.410 e. The van der Waals surface area contributed by atoms with Gasteiger partial charge in [0.25, 0.3) is 0 Å². The molecule has 6 heteroatoms. The maximum absolute atomic E-state index is 12.3. The van der Waals surface area contributed by atoms with Crippen molar-refractivity contribution in [1.82, 2.24) is 4.90 Å². The Morgan fingerprint density at radius 3 is 2.55 bits per heavy atom. The molecule has 3 rings (SSSR count). The van der Waals surface area contributed by atoms with E-state index in [-0.39, 0.29) is 12.3 Å². The lowest BCUT2D eigenvalue weighted by Gasteiger charge is -2.34. The van der Waals surface area contributed by atoms with Crippen molar-refractivity contribution >= 4 is 18.0 Å². The SMILES string of the molecule is Cc1cc(C=N)c(NC2CCCCO2)cc1C1CCN(C(=O)OC(C)(C)C)CC1. The van der Waals surface area contributed by atoms with Gasteiger partial charge < -0.3 is 25.1 Å². The molecule has 1 atom stereocenters. The zero-order valence-electron chi connectivity index (χ0n) is 18.2. The van der Waals surface area contributed by atoms with Crippen LogP contribution in [0.4, 0.5) is 10.5 Å². The molecule has 2 aliphatic rings. The van der Waals surface area contributed by atoms with E-state index in [1.807, 2.05) is 25.7 Å². The molecule has 1 unspecified atom stereocenters. The molecule has 29 heavy (non-hydrogen) atoms. The summed E-state index contributed by atoms with van der Waals surface area (Å²) >= 11 is 0. The predicted octanol–water partition coefficient (Wildman–Crippen LogP) is 5.05. The Morgan fingerprint density at radius 2 is 1.97 bits per heavy atom. The molecule has 0 radical (unpaired) electrons. The van der Waals surface area contributed by atoms with Gasteiger partial charge >= 0.3 is 6.09 Å². The van der Waals surface area contributed by atoms with E-state index in [0.29, 0.717) is 19.0 Å². The topological polar surface area (TPSA) is 74.7 Å². The van der Waals surface area contributed by atoms with Crippen LogP contribution < -0.4 is 5.32 Å². The molecule has 2 saturated heterocycles. The minimum absolute atomic E-state index is 0.0204. The van der Waals surface area contributed by atoms with Crippen LogP contribution >= 0.6 is 0 Å². The van der Waals surface area contributed by atoms with Gasteiger partial charge in [-0.15, -0.1) is 0 Å². The third-order valence-electron chi connectivity index (χ3n) is 5.68. The average molecular weight is 402 g/mol. The van der Waals surface area contributed by atoms with Crippen molar-refractivity contribution in [2.24, 2.45) is 0 Å². The summed E-state index contributed by atoms with van der Waals surface area (Å²) in [7, 11) is 0. The second-order valence-corrected chi connectivity index (χ2v) is 9.18. The molecule has 0 aliphatic carbocycles. The molecule has 0 aromatic heterocycles. The number of amides is 1. The summed E-state index contributed by atoms with van der Waals surface area (Å²) in [5.74, 6) is 0.404. The molecular weight excluding hydrogens is 366 g/mol. The normalized spacial score (nSPS) is 21.0. The minimum Gasteiger partial charge on any atom is -0.444 e. The van der Waals surface area contributed by atoms with Crippen LogP contribution in [0.2, 0.25) is 0 Å². The van der Waals surface area contributed by atoms with Crippen molar-refractivity contribution in [3.05, 3.63) is 28.8 Å². The quantitative estimate of drug-likeness (QED) is 0.693. The summed E-state index contributed by atoms with van der Waals surface area (Å²) in [4.78, 5) is 14.2. The standard InChI is InChI=1S/C23H35N3O3/c1-16-13-18(15-24)20(25-21-7-5-6-12-28-21)14-19(16)17-8-10-26(11-9-17)22(27)29-23(2,3)4/h13-15,17,21,24-25H,5-12H2,1-4H3. The number of ether oxygens (including phenoxy) is 2. The molecule has 1 amide bonds. The van der Waals surface area contributed by atoms with Crippen molar-refractivity contribution in [2.75, 3.05) is 25.0 Å². The summed E-state index contributed by atoms with van der Waals surface area (Å²) < 4.78 is 11.3. The van der Waals surface area contributed by atoms with E-state index in [4.69, 9.17) is 14.9 Å². The van der Waals surface area contributed by atoms with Gasteiger partial charge in [0.1, 0.15) is 11.8 Å². The van der Waals surface area contributed by atoms with E-state index in [1.54, 1.807) is 0 Å². The lowest BCUT2D eigenvalue weighted by molar-refractivity contribution is 0.0204. The van der Waals surface area contributed by atoms with Crippen molar-refractivity contribution in [1.29, 1.82) is 5.41 Å². The number of carbonyl (C=O) groups is 1. The molecule has 1 aromatic rings. The van der Waals surface area contributed by atoms with Crippen molar-refractivity contribution in [2.45, 2.75) is 77.5 Å². The molecule has 2 N–H and O–H groups in total. The number of carbonyl (C=O) groups excluding carboxylic acids is 1. The monoisotopic (exact) mass is 401 g/mol. The van der Waals surface area contributed by atoms with Gasteiger partial charge in [-0.1, -0.05) is 0 Å². The highest BCUT2D eigenvalue weighted by Gasteiger charge is 2.28. The molecule has 6 nitrogen and oxygen atoms in total. The van der Waals surface area contributed by atoms with Gasteiger partial charge in [-0.05, 0) is 89.0 Å². The van der Waals surface area contributed by atoms with Gasteiger partial charge in [0.2, 0.25) is 0 Å². The summed E-state index contributed by atoms with van der Waals surface area (Å²) in [6.07, 6.45) is 6.33. The van der Waals surface area contributed by atoms with E-state index in [9.17, 15) is 4.79 Å². The van der Waals surface area contributed by atoms with E-state index >= 15 is 0 Å². The number of benzene rings is 1. The maximum atomic E-state index is 12.3. The van der Waals surface area contributed by atoms with E-state index < -0.39 is 5.60 Å². The second kappa shape index (κ2) is 9.16. The van der Waals surface area contributed by atoms with Crippen LogP contribution in [0.25, 0.3) is 0 Å². The number of piperidine rings is 1. The first-order chi connectivity index (χ1) is 13.8. The fraction of sp³-hybridized carbons (Fsp3) is 0.652. The molecular formula is C23H35N3O3. The summed E-state index contributed by atoms with van der Waals surface area (Å²) in [6.45, 7) is 10.0. The molecule has 0 bridgehead atoms. The van der Waals surface area contributed by atoms with Gasteiger partial charge in [0, 0.05) is 37.2 Å². The number of hydrogen-bond acceptors (Lipinski definition) is 5. The van der Waals surface area contributed by atoms with Crippen molar-refractivity contribution in [3.8, 4) is 0 Å². The van der Waals surface area contributed by atoms with Gasteiger partial charge in [-0.3, -0.25) is 0 Å². The number of nitrogens with zero attached hydrogens (tertiary/aromatic N) is 1. The first kappa shape index (κ1) is 21.6. The molecule has 2 heterocycles. The minimum atomic E-state index is -0.463. The predicted molar refractivity (Wildman–Crippen MR) is 116 cm³/mol. The number of likely N-dealkylation sites (tertiary alicyclic amines) is 1. The largest absolute Gasteiger partial charge is 0.444 e. The zero-order chi connectivity index (χ0) is 21.0. The molecule has 2 fully saturated rings. The van der Waals surface area contributed by atoms with E-state index in [2.05, 4.69) is 24.4 Å². The molecule has 2 aliphatic heterocycles. The Kier molecular flexibility index (Phi) is 6.83. The van der Waals surface area contributed by atoms with Crippen molar-refractivity contribution in [3.63, 3.8) is 0 Å². The fourth-order valence-corrected chi connectivity index (χ4v) is 4.16. The fourth-order valence-electron chi connectivity index (χ4n) is 4.16. The smallest absolute Gasteiger partial charge is 0.410 e. The number of aryl methyl sites for hydroxylation is 1. The third-order valence-corrected chi connectivity index (χ3v) is 5.68. The molecule has 1 aromatic carbocycles. The van der Waals surface area contributed by atoms with Gasteiger partial charge in [-0.25, -0.2) is 4.79 Å². The van der Waals surface area contributed by atoms with Crippen LogP contribution in [0.1, 0.15) is 75.5 Å². The number of hydrogen-bond donors (Lipinski definition) is 2. The Balaban J connectivity index is 1.69. The second-order valence-electron chi connectivity index (χ2n) is 9.18. The highest BCUT2D eigenvalue weighted by atomic mass is 16.6. The first-order valence-corrected chi connectivity index (χ1v) is 10.8. The van der Waals surface area contributed by atoms with E-state index in [1.165, 1.54) is 23.8 Å². The Labute approximate surface area is 174 Å². The van der Waals surface area contributed by atoms with Crippen LogP contribution in [-0.4, -0.2) is 48.7 Å². The Bertz CT molecular complexity index is 728. The van der Waals surface area contributed by atoms with E-state index in [0.717, 1.165) is 43.5 Å². The summed E-state index contributed by atoms with van der Waals surface area (Å²) in [5.41, 5.74) is 3.91. The van der Waals surface area contributed by atoms with Crippen LogP contribution in [0.15, 0.2) is 12.1 Å². The van der Waals surface area contributed by atoms with Crippen LogP contribution in [-0.2, 0) is 9.47 Å². The lowest BCUT2D eigenvalue weighted by Crippen LogP contribution is -2.41. The number of nitrogens with one attached hydrogen (secondary N) is 2. The van der Waals surface area contributed by atoms with Gasteiger partial charge in [-0.2, -0.15) is 0 Å². The summed E-state index contributed by atoms with van der Waals surface area (Å²) in [6, 6.07) is 4.29. The average Bonchev–Trinajstić information content (AvgIpc) is 2.68. The Hall–Kier alpha value is -2.08. The zero-order valence-corrected chi connectivity index (χ0v) is 18.2. The first-order valence-electron chi connectivity index (χ1n) is 10.8. The van der Waals surface area contributed by atoms with Crippen LogP contribution in [0, 0.1) is 12.3 Å². The van der Waals surface area contributed by atoms with Gasteiger partial charge in [0.05, 0.1) is 0 Å². The number of rotatable bonds is 4. The highest BCUT2D eigenvalue weighted by Crippen LogP contribution is 2.34. The van der Waals surface area contributed by atoms with Crippen molar-refractivity contribution < 1.29 is 14.3 Å². The Morgan fingerprint density at radius 1 is 1.24 bits per heavy atom. The third kappa shape index (κ3) is 5.72. The van der Waals surface area contributed by atoms with Crippen LogP contribution in [0.3, 0.4) is 0 Å². The molecule has 160 valence electrons. The molecule has 0 saturated carbocycles. The summed E-state index contributed by atoms with van der Waals surface area (Å²) in [5, 5.41) is 11.3. The van der Waals surface area contributed by atoms with Crippen LogP contribution in [0.5, 0.6) is 0 Å². The number of anilines is 1. The lowest BCUT2D eigenvalue weighted by atomic mass is 9.85. The molecule has 0 spiro atoms. The highest BCUT2D eigenvalue weighted by molar-refractivity contribution is 5.86.